The van der Waals surface area contributed by atoms with Crippen molar-refractivity contribution < 1.29 is 9.53 Å². The lowest BCUT2D eigenvalue weighted by atomic mass is 9.98. The zero-order valence-corrected chi connectivity index (χ0v) is 14.0. The van der Waals surface area contributed by atoms with E-state index in [9.17, 15) is 4.79 Å². The van der Waals surface area contributed by atoms with E-state index in [1.54, 1.807) is 7.11 Å². The summed E-state index contributed by atoms with van der Waals surface area (Å²) < 4.78 is 5.23. The molecular weight excluding hydrogens is 274 g/mol. The molecule has 122 valence electrons. The normalized spacial score (nSPS) is 18.5. The van der Waals surface area contributed by atoms with Crippen LogP contribution < -0.4 is 0 Å². The van der Waals surface area contributed by atoms with E-state index in [-0.39, 0.29) is 0 Å². The standard InChI is InChI=1S/C19H29NO2/c1-3-16-9-11-17(12-10-16)6-4-8-19(21)20-13-5-7-18(14-20)15-22-2/h9-12,18H,3-8,13-15H2,1-2H3. The number of likely N-dealkylation sites (tertiary alicyclic amines) is 1. The number of rotatable bonds is 7. The van der Waals surface area contributed by atoms with Crippen molar-refractivity contribution in [3.63, 3.8) is 0 Å². The summed E-state index contributed by atoms with van der Waals surface area (Å²) in [5, 5.41) is 0. The molecule has 1 unspecified atom stereocenters. The second-order valence-electron chi connectivity index (χ2n) is 6.33. The molecule has 0 aliphatic carbocycles. The molecule has 3 heteroatoms. The number of ether oxygens (including phenoxy) is 1. The number of hydrogen-bond acceptors (Lipinski definition) is 2. The molecule has 1 aromatic carbocycles. The molecule has 1 heterocycles. The molecule has 1 amide bonds. The molecule has 3 nitrogen and oxygen atoms in total. The van der Waals surface area contributed by atoms with Gasteiger partial charge in [-0.3, -0.25) is 4.79 Å². The predicted octanol–water partition coefficient (Wildman–Crippen LogP) is 3.46. The molecule has 1 atom stereocenters. The zero-order chi connectivity index (χ0) is 15.8. The quantitative estimate of drug-likeness (QED) is 0.772. The summed E-state index contributed by atoms with van der Waals surface area (Å²) in [4.78, 5) is 14.4. The summed E-state index contributed by atoms with van der Waals surface area (Å²) in [7, 11) is 1.74. The number of carbonyl (C=O) groups is 1. The van der Waals surface area contributed by atoms with Crippen LogP contribution in [0.1, 0.15) is 43.7 Å². The lowest BCUT2D eigenvalue weighted by molar-refractivity contribution is -0.133. The summed E-state index contributed by atoms with van der Waals surface area (Å²) in [6.45, 7) is 4.73. The topological polar surface area (TPSA) is 29.5 Å². The largest absolute Gasteiger partial charge is 0.384 e. The van der Waals surface area contributed by atoms with Crippen molar-refractivity contribution in [1.29, 1.82) is 0 Å². The lowest BCUT2D eigenvalue weighted by Gasteiger charge is -2.32. The van der Waals surface area contributed by atoms with Gasteiger partial charge < -0.3 is 9.64 Å². The molecule has 0 N–H and O–H groups in total. The minimum atomic E-state index is 0.311. The Balaban J connectivity index is 1.72. The maximum atomic E-state index is 12.3. The fourth-order valence-corrected chi connectivity index (χ4v) is 3.21. The molecule has 1 aliphatic rings. The third kappa shape index (κ3) is 5.13. The summed E-state index contributed by atoms with van der Waals surface area (Å²) >= 11 is 0. The Kier molecular flexibility index (Phi) is 6.91. The maximum absolute atomic E-state index is 12.3. The van der Waals surface area contributed by atoms with Gasteiger partial charge in [-0.15, -0.1) is 0 Å². The molecule has 22 heavy (non-hydrogen) atoms. The van der Waals surface area contributed by atoms with Crippen LogP contribution >= 0.6 is 0 Å². The van der Waals surface area contributed by atoms with Gasteiger partial charge in [0, 0.05) is 26.6 Å². The second kappa shape index (κ2) is 8.94. The van der Waals surface area contributed by atoms with E-state index in [0.29, 0.717) is 18.2 Å². The summed E-state index contributed by atoms with van der Waals surface area (Å²) in [5.74, 6) is 0.829. The Bertz CT molecular complexity index is 453. The van der Waals surface area contributed by atoms with Gasteiger partial charge in [0.2, 0.25) is 5.91 Å². The van der Waals surface area contributed by atoms with Crippen LogP contribution in [0.15, 0.2) is 24.3 Å². The molecule has 1 aromatic rings. The van der Waals surface area contributed by atoms with E-state index in [1.165, 1.54) is 17.5 Å². The van der Waals surface area contributed by atoms with E-state index in [4.69, 9.17) is 4.74 Å². The van der Waals surface area contributed by atoms with Crippen molar-refractivity contribution in [1.82, 2.24) is 4.90 Å². The highest BCUT2D eigenvalue weighted by Gasteiger charge is 2.22. The molecule has 0 bridgehead atoms. The summed E-state index contributed by atoms with van der Waals surface area (Å²) in [6.07, 6.45) is 5.96. The van der Waals surface area contributed by atoms with Crippen molar-refractivity contribution in [2.45, 2.75) is 45.4 Å². The van der Waals surface area contributed by atoms with Crippen LogP contribution in [0, 0.1) is 5.92 Å². The van der Waals surface area contributed by atoms with E-state index in [1.807, 2.05) is 4.90 Å². The van der Waals surface area contributed by atoms with Gasteiger partial charge in [-0.05, 0) is 49.1 Å². The Morgan fingerprint density at radius 3 is 2.68 bits per heavy atom. The SMILES string of the molecule is CCc1ccc(CCCC(=O)N2CCCC(COC)C2)cc1. The van der Waals surface area contributed by atoms with Crippen molar-refractivity contribution >= 4 is 5.91 Å². The average Bonchev–Trinajstić information content (AvgIpc) is 2.56. The Labute approximate surface area is 134 Å². The van der Waals surface area contributed by atoms with Gasteiger partial charge in [0.1, 0.15) is 0 Å². The highest BCUT2D eigenvalue weighted by atomic mass is 16.5. The Morgan fingerprint density at radius 2 is 2.00 bits per heavy atom. The van der Waals surface area contributed by atoms with Crippen LogP contribution in [-0.4, -0.2) is 37.6 Å². The first-order valence-electron chi connectivity index (χ1n) is 8.57. The Hall–Kier alpha value is -1.35. The fraction of sp³-hybridized carbons (Fsp3) is 0.632. The maximum Gasteiger partial charge on any atom is 0.222 e. The predicted molar refractivity (Wildman–Crippen MR) is 89.9 cm³/mol. The van der Waals surface area contributed by atoms with Gasteiger partial charge >= 0.3 is 0 Å². The Morgan fingerprint density at radius 1 is 1.27 bits per heavy atom. The highest BCUT2D eigenvalue weighted by Crippen LogP contribution is 2.18. The number of amides is 1. The monoisotopic (exact) mass is 303 g/mol. The van der Waals surface area contributed by atoms with Gasteiger partial charge in [0.25, 0.3) is 0 Å². The lowest BCUT2D eigenvalue weighted by Crippen LogP contribution is -2.41. The number of carbonyl (C=O) groups excluding carboxylic acids is 1. The van der Waals surface area contributed by atoms with Crippen molar-refractivity contribution in [2.24, 2.45) is 5.92 Å². The van der Waals surface area contributed by atoms with Crippen molar-refractivity contribution in [3.05, 3.63) is 35.4 Å². The third-order valence-electron chi connectivity index (χ3n) is 4.56. The van der Waals surface area contributed by atoms with Crippen molar-refractivity contribution in [3.8, 4) is 0 Å². The highest BCUT2D eigenvalue weighted by molar-refractivity contribution is 5.76. The fourth-order valence-electron chi connectivity index (χ4n) is 3.21. The van der Waals surface area contributed by atoms with Gasteiger partial charge in [0.15, 0.2) is 0 Å². The number of methoxy groups -OCH3 is 1. The smallest absolute Gasteiger partial charge is 0.222 e. The van der Waals surface area contributed by atoms with Crippen LogP contribution in [0.25, 0.3) is 0 Å². The van der Waals surface area contributed by atoms with E-state index in [2.05, 4.69) is 31.2 Å². The molecule has 0 aromatic heterocycles. The second-order valence-corrected chi connectivity index (χ2v) is 6.33. The average molecular weight is 303 g/mol. The van der Waals surface area contributed by atoms with Gasteiger partial charge in [-0.25, -0.2) is 0 Å². The van der Waals surface area contributed by atoms with E-state index in [0.717, 1.165) is 45.4 Å². The van der Waals surface area contributed by atoms with E-state index < -0.39 is 0 Å². The number of benzene rings is 1. The molecule has 1 saturated heterocycles. The molecule has 2 rings (SSSR count). The first kappa shape index (κ1) is 17.0. The first-order chi connectivity index (χ1) is 10.7. The molecule has 1 fully saturated rings. The van der Waals surface area contributed by atoms with Crippen molar-refractivity contribution in [2.75, 3.05) is 26.8 Å². The zero-order valence-electron chi connectivity index (χ0n) is 14.0. The number of piperidine rings is 1. The first-order valence-corrected chi connectivity index (χ1v) is 8.57. The molecule has 0 spiro atoms. The number of hydrogen-bond donors (Lipinski definition) is 0. The molecule has 0 saturated carbocycles. The van der Waals surface area contributed by atoms with Gasteiger partial charge in [-0.2, -0.15) is 0 Å². The minimum Gasteiger partial charge on any atom is -0.384 e. The molecule has 1 aliphatic heterocycles. The van der Waals surface area contributed by atoms with Gasteiger partial charge in [0.05, 0.1) is 6.61 Å². The molecular formula is C19H29NO2. The molecule has 0 radical (unpaired) electrons. The number of aryl methyl sites for hydroxylation is 2. The van der Waals surface area contributed by atoms with Crippen LogP contribution in [0.5, 0.6) is 0 Å². The van der Waals surface area contributed by atoms with E-state index >= 15 is 0 Å². The van der Waals surface area contributed by atoms with Gasteiger partial charge in [-0.1, -0.05) is 31.2 Å². The minimum absolute atomic E-state index is 0.311. The van der Waals surface area contributed by atoms with Crippen LogP contribution in [0.4, 0.5) is 0 Å². The van der Waals surface area contributed by atoms with Crippen LogP contribution in [0.3, 0.4) is 0 Å². The third-order valence-corrected chi connectivity index (χ3v) is 4.56. The summed E-state index contributed by atoms with van der Waals surface area (Å²) in [6, 6.07) is 8.77. The summed E-state index contributed by atoms with van der Waals surface area (Å²) in [5.41, 5.74) is 2.71. The van der Waals surface area contributed by atoms with Crippen LogP contribution in [0.2, 0.25) is 0 Å². The van der Waals surface area contributed by atoms with Crippen LogP contribution in [-0.2, 0) is 22.4 Å². The number of nitrogens with zero attached hydrogens (tertiary/aromatic N) is 1.